The maximum Gasteiger partial charge on any atom is 0.494 e. The average Bonchev–Trinajstić information content (AvgIpc) is 3.57. The number of hydrogen-bond acceptors (Lipinski definition) is 6. The van der Waals surface area contributed by atoms with Crippen molar-refractivity contribution < 1.29 is 23.6 Å². The number of rotatable bonds is 5. The SMILES string of the molecule is COC(=O)N[C@H](C(=O)N1CCC[C@H]1c1nc2ccc(B3OC(C)(C)C(C)(C)O3)cc2[nH]1)c1ccccc1. The number of benzene rings is 2. The van der Waals surface area contributed by atoms with Gasteiger partial charge in [-0.15, -0.1) is 0 Å². The van der Waals surface area contributed by atoms with E-state index < -0.39 is 30.5 Å². The third-order valence-corrected chi connectivity index (χ3v) is 7.73. The van der Waals surface area contributed by atoms with Crippen molar-refractivity contribution >= 4 is 35.6 Å². The van der Waals surface area contributed by atoms with Crippen LogP contribution in [-0.2, 0) is 18.8 Å². The molecule has 2 N–H and O–H groups in total. The second kappa shape index (κ2) is 9.50. The number of carbonyl (C=O) groups is 2. The monoisotopic (exact) mass is 504 g/mol. The van der Waals surface area contributed by atoms with Crippen molar-refractivity contribution in [2.45, 2.75) is 63.8 Å². The zero-order valence-electron chi connectivity index (χ0n) is 21.9. The van der Waals surface area contributed by atoms with Crippen LogP contribution in [0.5, 0.6) is 0 Å². The highest BCUT2D eigenvalue weighted by Gasteiger charge is 2.51. The summed E-state index contributed by atoms with van der Waals surface area (Å²) in [5, 5.41) is 2.70. The van der Waals surface area contributed by atoms with Gasteiger partial charge in [-0.25, -0.2) is 9.78 Å². The van der Waals surface area contributed by atoms with E-state index in [1.165, 1.54) is 7.11 Å². The van der Waals surface area contributed by atoms with Gasteiger partial charge in [-0.1, -0.05) is 36.4 Å². The molecule has 1 aromatic heterocycles. The van der Waals surface area contributed by atoms with Crippen LogP contribution in [0, 0.1) is 0 Å². The number of methoxy groups -OCH3 is 1. The first kappa shape index (κ1) is 25.3. The van der Waals surface area contributed by atoms with E-state index in [-0.39, 0.29) is 11.9 Å². The van der Waals surface area contributed by atoms with Crippen molar-refractivity contribution in [1.29, 1.82) is 0 Å². The Morgan fingerprint density at radius 2 is 1.84 bits per heavy atom. The molecule has 2 aliphatic heterocycles. The molecule has 2 amide bonds. The second-order valence-electron chi connectivity index (χ2n) is 10.7. The van der Waals surface area contributed by atoms with E-state index in [0.717, 1.165) is 35.2 Å². The minimum Gasteiger partial charge on any atom is -0.453 e. The summed E-state index contributed by atoms with van der Waals surface area (Å²) >= 11 is 0. The molecule has 0 radical (unpaired) electrons. The highest BCUT2D eigenvalue weighted by atomic mass is 16.7. The summed E-state index contributed by atoms with van der Waals surface area (Å²) in [6.07, 6.45) is 0.957. The molecule has 2 aromatic carbocycles. The first-order valence-electron chi connectivity index (χ1n) is 12.6. The molecule has 2 fully saturated rings. The molecule has 0 aliphatic carbocycles. The fraction of sp³-hybridized carbons (Fsp3) is 0.444. The van der Waals surface area contributed by atoms with Crippen LogP contribution in [0.15, 0.2) is 48.5 Å². The lowest BCUT2D eigenvalue weighted by atomic mass is 9.79. The fourth-order valence-electron chi connectivity index (χ4n) is 4.92. The van der Waals surface area contributed by atoms with Crippen molar-refractivity contribution in [1.82, 2.24) is 20.2 Å². The Kier molecular flexibility index (Phi) is 6.49. The van der Waals surface area contributed by atoms with Gasteiger partial charge in [-0.2, -0.15) is 0 Å². The number of fused-ring (bicyclic) bond motifs is 1. The molecule has 10 heteroatoms. The minimum atomic E-state index is -0.853. The number of imidazole rings is 1. The summed E-state index contributed by atoms with van der Waals surface area (Å²) < 4.78 is 17.2. The van der Waals surface area contributed by atoms with Gasteiger partial charge in [-0.05, 0) is 63.7 Å². The molecule has 5 rings (SSSR count). The van der Waals surface area contributed by atoms with Crippen molar-refractivity contribution in [3.05, 3.63) is 59.9 Å². The summed E-state index contributed by atoms with van der Waals surface area (Å²) in [6.45, 7) is 8.70. The van der Waals surface area contributed by atoms with E-state index in [9.17, 15) is 9.59 Å². The van der Waals surface area contributed by atoms with Crippen LogP contribution >= 0.6 is 0 Å². The number of likely N-dealkylation sites (tertiary alicyclic amines) is 1. The van der Waals surface area contributed by atoms with E-state index in [1.807, 2.05) is 76.2 Å². The number of nitrogens with one attached hydrogen (secondary N) is 2. The third-order valence-electron chi connectivity index (χ3n) is 7.73. The maximum absolute atomic E-state index is 13.7. The Morgan fingerprint density at radius 1 is 1.14 bits per heavy atom. The predicted molar refractivity (Wildman–Crippen MR) is 140 cm³/mol. The number of aromatic amines is 1. The lowest BCUT2D eigenvalue weighted by molar-refractivity contribution is -0.134. The first-order valence-corrected chi connectivity index (χ1v) is 12.6. The normalized spacial score (nSPS) is 21.3. The van der Waals surface area contributed by atoms with Gasteiger partial charge >= 0.3 is 13.2 Å². The molecule has 37 heavy (non-hydrogen) atoms. The van der Waals surface area contributed by atoms with E-state index in [2.05, 4.69) is 10.3 Å². The largest absolute Gasteiger partial charge is 0.494 e. The number of alkyl carbamates (subject to hydrolysis) is 1. The highest BCUT2D eigenvalue weighted by Crippen LogP contribution is 2.37. The molecular formula is C27H33BN4O5. The topological polar surface area (TPSA) is 106 Å². The van der Waals surface area contributed by atoms with Gasteiger partial charge in [0.1, 0.15) is 11.9 Å². The van der Waals surface area contributed by atoms with Gasteiger partial charge in [0.25, 0.3) is 5.91 Å². The molecule has 0 bridgehead atoms. The van der Waals surface area contributed by atoms with Gasteiger partial charge < -0.3 is 29.2 Å². The summed E-state index contributed by atoms with van der Waals surface area (Å²) in [5.74, 6) is 0.522. The number of carbonyl (C=O) groups excluding carboxylic acids is 2. The molecule has 0 saturated carbocycles. The third kappa shape index (κ3) is 4.71. The predicted octanol–water partition coefficient (Wildman–Crippen LogP) is 3.62. The molecule has 9 nitrogen and oxygen atoms in total. The standard InChI is InChI=1S/C27H33BN4O5/c1-26(2)27(3,4)37-28(36-26)18-13-14-19-20(16-18)30-23(29-19)21-12-9-15-32(21)24(33)22(31-25(34)35-5)17-10-7-6-8-11-17/h6-8,10-11,13-14,16,21-22H,9,12,15H2,1-5H3,(H,29,30)(H,31,34)/t21-,22-/m0/s1. The molecule has 3 aromatic rings. The van der Waals surface area contributed by atoms with Gasteiger partial charge in [0, 0.05) is 6.54 Å². The first-order chi connectivity index (χ1) is 17.6. The fourth-order valence-corrected chi connectivity index (χ4v) is 4.92. The number of nitrogens with zero attached hydrogens (tertiary/aromatic N) is 2. The summed E-state index contributed by atoms with van der Waals surface area (Å²) in [4.78, 5) is 35.8. The van der Waals surface area contributed by atoms with Crippen molar-refractivity contribution in [2.24, 2.45) is 0 Å². The van der Waals surface area contributed by atoms with Crippen LogP contribution in [0.25, 0.3) is 11.0 Å². The summed E-state index contributed by atoms with van der Waals surface area (Å²) in [7, 11) is 0.814. The van der Waals surface area contributed by atoms with Crippen LogP contribution in [0.2, 0.25) is 0 Å². The van der Waals surface area contributed by atoms with E-state index in [4.69, 9.17) is 19.0 Å². The minimum absolute atomic E-state index is 0.197. The summed E-state index contributed by atoms with van der Waals surface area (Å²) in [5.41, 5.74) is 2.41. The van der Waals surface area contributed by atoms with Gasteiger partial charge in [0.15, 0.2) is 0 Å². The van der Waals surface area contributed by atoms with Gasteiger partial charge in [0.05, 0.1) is 35.4 Å². The molecule has 0 spiro atoms. The van der Waals surface area contributed by atoms with Crippen LogP contribution < -0.4 is 10.8 Å². The van der Waals surface area contributed by atoms with Crippen molar-refractivity contribution in [2.75, 3.05) is 13.7 Å². The van der Waals surface area contributed by atoms with Gasteiger partial charge in [0.2, 0.25) is 0 Å². The molecule has 2 atom stereocenters. The molecule has 3 heterocycles. The van der Waals surface area contributed by atoms with E-state index >= 15 is 0 Å². The number of aromatic nitrogens is 2. The quantitative estimate of drug-likeness (QED) is 0.515. The molecular weight excluding hydrogens is 471 g/mol. The van der Waals surface area contributed by atoms with E-state index in [1.54, 1.807) is 4.90 Å². The van der Waals surface area contributed by atoms with Crippen LogP contribution in [-0.4, -0.2) is 58.8 Å². The van der Waals surface area contributed by atoms with Crippen LogP contribution in [0.4, 0.5) is 4.79 Å². The Balaban J connectivity index is 1.41. The molecule has 2 aliphatic rings. The summed E-state index contributed by atoms with van der Waals surface area (Å²) in [6, 6.07) is 14.0. The Hall–Kier alpha value is -3.37. The highest BCUT2D eigenvalue weighted by molar-refractivity contribution is 6.62. The number of H-pyrrole nitrogens is 1. The maximum atomic E-state index is 13.7. The Labute approximate surface area is 217 Å². The number of amides is 2. The van der Waals surface area contributed by atoms with Crippen LogP contribution in [0.1, 0.15) is 64.0 Å². The average molecular weight is 504 g/mol. The lowest BCUT2D eigenvalue weighted by Gasteiger charge is -2.32. The zero-order chi connectivity index (χ0) is 26.4. The molecule has 194 valence electrons. The number of ether oxygens (including phenoxy) is 1. The van der Waals surface area contributed by atoms with E-state index in [0.29, 0.717) is 12.1 Å². The second-order valence-corrected chi connectivity index (χ2v) is 10.7. The van der Waals surface area contributed by atoms with Crippen molar-refractivity contribution in [3.63, 3.8) is 0 Å². The Morgan fingerprint density at radius 3 is 2.51 bits per heavy atom. The lowest BCUT2D eigenvalue weighted by Crippen LogP contribution is -2.42. The van der Waals surface area contributed by atoms with Crippen molar-refractivity contribution in [3.8, 4) is 0 Å². The molecule has 2 saturated heterocycles. The smallest absolute Gasteiger partial charge is 0.453 e. The zero-order valence-corrected chi connectivity index (χ0v) is 21.9. The Bertz CT molecular complexity index is 1290. The van der Waals surface area contributed by atoms with Gasteiger partial charge in [-0.3, -0.25) is 4.79 Å². The van der Waals surface area contributed by atoms with Crippen LogP contribution in [0.3, 0.4) is 0 Å². The molecule has 0 unspecified atom stereocenters. The number of hydrogen-bond donors (Lipinski definition) is 2.